The van der Waals surface area contributed by atoms with Crippen LogP contribution in [0.15, 0.2) is 23.8 Å². The van der Waals surface area contributed by atoms with Gasteiger partial charge in [-0.05, 0) is 32.6 Å². The molecule has 1 aliphatic carbocycles. The molecule has 0 spiro atoms. The number of carbonyl (C=O) groups excluding carboxylic acids is 1. The molecule has 0 aromatic heterocycles. The molecule has 0 saturated carbocycles. The molecule has 1 rings (SSSR count). The number of esters is 1. The lowest BCUT2D eigenvalue weighted by atomic mass is 9.98. The van der Waals surface area contributed by atoms with Crippen molar-refractivity contribution in [3.63, 3.8) is 0 Å². The minimum atomic E-state index is -0.102. The summed E-state index contributed by atoms with van der Waals surface area (Å²) in [6.45, 7) is 4.32. The average Bonchev–Trinajstić information content (AvgIpc) is 2.54. The molecule has 0 saturated heterocycles. The number of hydrogen-bond acceptors (Lipinski definition) is 2. The molecular formula is C12H18O2. The highest BCUT2D eigenvalue weighted by Gasteiger charge is 2.19. The van der Waals surface area contributed by atoms with Crippen molar-refractivity contribution in [3.05, 3.63) is 23.8 Å². The lowest BCUT2D eigenvalue weighted by molar-refractivity contribution is -0.142. The molecule has 0 amide bonds. The van der Waals surface area contributed by atoms with Crippen LogP contribution in [0.25, 0.3) is 0 Å². The predicted octanol–water partition coefficient (Wildman–Crippen LogP) is 2.85. The Balaban J connectivity index is 2.47. The van der Waals surface area contributed by atoms with Crippen molar-refractivity contribution in [1.29, 1.82) is 0 Å². The molecule has 0 fully saturated rings. The van der Waals surface area contributed by atoms with E-state index in [1.807, 2.05) is 13.8 Å². The van der Waals surface area contributed by atoms with Gasteiger partial charge in [0.1, 0.15) is 0 Å². The fraction of sp³-hybridized carbons (Fsp3) is 0.583. The van der Waals surface area contributed by atoms with Crippen LogP contribution in [0.1, 0.15) is 33.1 Å². The van der Waals surface area contributed by atoms with Gasteiger partial charge < -0.3 is 4.74 Å². The molecular weight excluding hydrogens is 176 g/mol. The Morgan fingerprint density at radius 1 is 1.71 bits per heavy atom. The van der Waals surface area contributed by atoms with Gasteiger partial charge in [0.2, 0.25) is 0 Å². The highest BCUT2D eigenvalue weighted by Crippen LogP contribution is 2.29. The summed E-state index contributed by atoms with van der Waals surface area (Å²) in [6.07, 6.45) is 9.07. The maximum Gasteiger partial charge on any atom is 0.309 e. The van der Waals surface area contributed by atoms with Gasteiger partial charge in [0, 0.05) is 0 Å². The van der Waals surface area contributed by atoms with Gasteiger partial charge in [-0.2, -0.15) is 0 Å². The lowest BCUT2D eigenvalue weighted by Crippen LogP contribution is -2.07. The Labute approximate surface area is 85.6 Å². The van der Waals surface area contributed by atoms with E-state index in [9.17, 15) is 4.79 Å². The topological polar surface area (TPSA) is 26.3 Å². The highest BCUT2D eigenvalue weighted by atomic mass is 16.5. The quantitative estimate of drug-likeness (QED) is 0.508. The van der Waals surface area contributed by atoms with Crippen LogP contribution < -0.4 is 0 Å². The van der Waals surface area contributed by atoms with Gasteiger partial charge >= 0.3 is 5.97 Å². The summed E-state index contributed by atoms with van der Waals surface area (Å²) in [4.78, 5) is 11.3. The summed E-state index contributed by atoms with van der Waals surface area (Å²) >= 11 is 0. The zero-order valence-electron chi connectivity index (χ0n) is 8.95. The second-order valence-electron chi connectivity index (χ2n) is 3.47. The summed E-state index contributed by atoms with van der Waals surface area (Å²) in [5, 5.41) is 0. The molecule has 1 aliphatic rings. The summed E-state index contributed by atoms with van der Waals surface area (Å²) < 4.78 is 4.93. The van der Waals surface area contributed by atoms with E-state index in [1.165, 1.54) is 5.57 Å². The predicted molar refractivity (Wildman–Crippen MR) is 56.9 cm³/mol. The zero-order chi connectivity index (χ0) is 10.4. The van der Waals surface area contributed by atoms with Gasteiger partial charge in [0.15, 0.2) is 0 Å². The van der Waals surface area contributed by atoms with Gasteiger partial charge in [-0.1, -0.05) is 23.8 Å². The number of hydrogen-bond donors (Lipinski definition) is 0. The van der Waals surface area contributed by atoms with E-state index in [-0.39, 0.29) is 5.97 Å². The van der Waals surface area contributed by atoms with E-state index in [0.717, 1.165) is 12.8 Å². The number of ether oxygens (including phenoxy) is 1. The number of allylic oxidation sites excluding steroid dienone is 3. The van der Waals surface area contributed by atoms with E-state index in [0.29, 0.717) is 18.9 Å². The molecule has 0 bridgehead atoms. The molecule has 2 heteroatoms. The lowest BCUT2D eigenvalue weighted by Gasteiger charge is -2.09. The average molecular weight is 194 g/mol. The molecule has 0 aromatic carbocycles. The molecule has 1 unspecified atom stereocenters. The van der Waals surface area contributed by atoms with Crippen molar-refractivity contribution < 1.29 is 9.53 Å². The Hall–Kier alpha value is -1.05. The normalized spacial score (nSPS) is 21.3. The first-order valence-corrected chi connectivity index (χ1v) is 5.25. The van der Waals surface area contributed by atoms with Crippen molar-refractivity contribution >= 4 is 5.97 Å². The second kappa shape index (κ2) is 5.63. The summed E-state index contributed by atoms with van der Waals surface area (Å²) in [7, 11) is 0. The van der Waals surface area contributed by atoms with Crippen molar-refractivity contribution in [2.24, 2.45) is 5.92 Å². The van der Waals surface area contributed by atoms with Crippen LogP contribution in [-0.4, -0.2) is 12.6 Å². The number of carbonyl (C=O) groups is 1. The van der Waals surface area contributed by atoms with E-state index in [1.54, 1.807) is 0 Å². The Kier molecular flexibility index (Phi) is 4.44. The monoisotopic (exact) mass is 194 g/mol. The van der Waals surface area contributed by atoms with E-state index < -0.39 is 0 Å². The maximum atomic E-state index is 11.3. The summed E-state index contributed by atoms with van der Waals surface area (Å²) in [5.41, 5.74) is 1.22. The first-order valence-electron chi connectivity index (χ1n) is 5.25. The van der Waals surface area contributed by atoms with Gasteiger partial charge in [0.05, 0.1) is 13.0 Å². The SMILES string of the molecule is C/C=C/C1CCC=C1CC(=O)OCC. The van der Waals surface area contributed by atoms with E-state index in [2.05, 4.69) is 18.2 Å². The molecule has 2 nitrogen and oxygen atoms in total. The van der Waals surface area contributed by atoms with Gasteiger partial charge in [-0.15, -0.1) is 0 Å². The van der Waals surface area contributed by atoms with Gasteiger partial charge in [0.25, 0.3) is 0 Å². The molecule has 78 valence electrons. The van der Waals surface area contributed by atoms with E-state index >= 15 is 0 Å². The molecule has 14 heavy (non-hydrogen) atoms. The third kappa shape index (κ3) is 3.02. The van der Waals surface area contributed by atoms with Crippen molar-refractivity contribution in [2.75, 3.05) is 6.61 Å². The second-order valence-corrected chi connectivity index (χ2v) is 3.47. The largest absolute Gasteiger partial charge is 0.466 e. The van der Waals surface area contributed by atoms with Crippen LogP contribution in [0.3, 0.4) is 0 Å². The Bertz CT molecular complexity index is 251. The third-order valence-corrected chi connectivity index (χ3v) is 2.44. The molecule has 0 N–H and O–H groups in total. The zero-order valence-corrected chi connectivity index (χ0v) is 8.95. The first-order chi connectivity index (χ1) is 6.77. The summed E-state index contributed by atoms with van der Waals surface area (Å²) in [5.74, 6) is 0.361. The van der Waals surface area contributed by atoms with Crippen molar-refractivity contribution in [1.82, 2.24) is 0 Å². The highest BCUT2D eigenvalue weighted by molar-refractivity contribution is 5.72. The molecule has 1 atom stereocenters. The smallest absolute Gasteiger partial charge is 0.309 e. The standard InChI is InChI=1S/C12H18O2/c1-3-6-10-7-5-8-11(10)9-12(13)14-4-2/h3,6,8,10H,4-5,7,9H2,1-2H3/b6-3+. The fourth-order valence-electron chi connectivity index (χ4n) is 1.82. The number of rotatable bonds is 4. The van der Waals surface area contributed by atoms with Crippen molar-refractivity contribution in [2.45, 2.75) is 33.1 Å². The molecule has 0 aromatic rings. The van der Waals surface area contributed by atoms with Crippen molar-refractivity contribution in [3.8, 4) is 0 Å². The Morgan fingerprint density at radius 3 is 3.14 bits per heavy atom. The summed E-state index contributed by atoms with van der Waals surface area (Å²) in [6, 6.07) is 0. The maximum absolute atomic E-state index is 11.3. The molecule has 0 heterocycles. The van der Waals surface area contributed by atoms with Crippen LogP contribution in [0.2, 0.25) is 0 Å². The van der Waals surface area contributed by atoms with Crippen LogP contribution in [0, 0.1) is 5.92 Å². The van der Waals surface area contributed by atoms with Crippen LogP contribution in [0.5, 0.6) is 0 Å². The van der Waals surface area contributed by atoms with Crippen LogP contribution in [-0.2, 0) is 9.53 Å². The minimum absolute atomic E-state index is 0.102. The first kappa shape index (κ1) is 11.0. The van der Waals surface area contributed by atoms with Crippen LogP contribution in [0.4, 0.5) is 0 Å². The van der Waals surface area contributed by atoms with E-state index in [4.69, 9.17) is 4.74 Å². The third-order valence-electron chi connectivity index (χ3n) is 2.44. The van der Waals surface area contributed by atoms with Gasteiger partial charge in [-0.25, -0.2) is 0 Å². The fourth-order valence-corrected chi connectivity index (χ4v) is 1.82. The molecule has 0 aliphatic heterocycles. The Morgan fingerprint density at radius 2 is 2.50 bits per heavy atom. The van der Waals surface area contributed by atoms with Gasteiger partial charge in [-0.3, -0.25) is 4.79 Å². The molecule has 0 radical (unpaired) electrons. The minimum Gasteiger partial charge on any atom is -0.466 e. The van der Waals surface area contributed by atoms with Crippen LogP contribution >= 0.6 is 0 Å².